The van der Waals surface area contributed by atoms with Crippen LogP contribution in [0.25, 0.3) is 0 Å². The van der Waals surface area contributed by atoms with E-state index in [0.29, 0.717) is 0 Å². The second-order valence-electron chi connectivity index (χ2n) is 4.21. The Hall–Kier alpha value is -0.250. The van der Waals surface area contributed by atoms with Gasteiger partial charge in [0.25, 0.3) is 0 Å². The average molecular weight is 209 g/mol. The van der Waals surface area contributed by atoms with Crippen molar-refractivity contribution in [2.45, 2.75) is 44.7 Å². The maximum Gasteiger partial charge on any atom is 0.393 e. The molecule has 1 fully saturated rings. The van der Waals surface area contributed by atoms with Crippen LogP contribution in [-0.2, 0) is 0 Å². The van der Waals surface area contributed by atoms with Crippen molar-refractivity contribution in [1.29, 1.82) is 0 Å². The number of nitrogens with two attached hydrogens (primary N) is 1. The van der Waals surface area contributed by atoms with Gasteiger partial charge in [-0.3, -0.25) is 0 Å². The summed E-state index contributed by atoms with van der Waals surface area (Å²) in [5.41, 5.74) is 5.16. The van der Waals surface area contributed by atoms with Crippen molar-refractivity contribution < 1.29 is 13.2 Å². The normalized spacial score (nSPS) is 22.3. The molecule has 0 radical (unpaired) electrons. The Labute approximate surface area is 82.9 Å². The highest BCUT2D eigenvalue weighted by atomic mass is 19.4. The molecule has 14 heavy (non-hydrogen) atoms. The molecule has 0 aromatic rings. The van der Waals surface area contributed by atoms with Crippen LogP contribution in [0, 0.1) is 11.8 Å². The zero-order valence-electron chi connectivity index (χ0n) is 8.32. The summed E-state index contributed by atoms with van der Waals surface area (Å²) < 4.78 is 37.2. The fourth-order valence-corrected chi connectivity index (χ4v) is 2.19. The van der Waals surface area contributed by atoms with Gasteiger partial charge in [0.05, 0.1) is 5.92 Å². The molecule has 1 aliphatic rings. The van der Waals surface area contributed by atoms with Crippen LogP contribution < -0.4 is 5.73 Å². The topological polar surface area (TPSA) is 26.0 Å². The first-order chi connectivity index (χ1) is 6.54. The molecule has 0 aliphatic heterocycles. The van der Waals surface area contributed by atoms with Crippen molar-refractivity contribution in [1.82, 2.24) is 0 Å². The molecule has 4 heteroatoms. The molecule has 84 valence electrons. The summed E-state index contributed by atoms with van der Waals surface area (Å²) in [4.78, 5) is 0. The van der Waals surface area contributed by atoms with E-state index in [2.05, 4.69) is 0 Å². The van der Waals surface area contributed by atoms with E-state index in [4.69, 9.17) is 5.73 Å². The van der Waals surface area contributed by atoms with Crippen LogP contribution >= 0.6 is 0 Å². The van der Waals surface area contributed by atoms with Gasteiger partial charge in [-0.2, -0.15) is 13.2 Å². The molecule has 1 rings (SSSR count). The van der Waals surface area contributed by atoms with Gasteiger partial charge in [0, 0.05) is 6.54 Å². The minimum atomic E-state index is -4.10. The Morgan fingerprint density at radius 3 is 2.14 bits per heavy atom. The molecule has 1 aliphatic carbocycles. The largest absolute Gasteiger partial charge is 0.393 e. The summed E-state index contributed by atoms with van der Waals surface area (Å²) in [7, 11) is 0. The Morgan fingerprint density at radius 2 is 1.71 bits per heavy atom. The highest BCUT2D eigenvalue weighted by Crippen LogP contribution is 2.35. The summed E-state index contributed by atoms with van der Waals surface area (Å²) in [6.07, 6.45) is 1.38. The van der Waals surface area contributed by atoms with Gasteiger partial charge in [0.2, 0.25) is 0 Å². The van der Waals surface area contributed by atoms with Crippen LogP contribution in [0.15, 0.2) is 0 Å². The molecular formula is C10H18F3N. The maximum absolute atomic E-state index is 12.4. The third-order valence-electron chi connectivity index (χ3n) is 3.09. The molecule has 0 spiro atoms. The summed E-state index contributed by atoms with van der Waals surface area (Å²) in [6, 6.07) is 0. The summed E-state index contributed by atoms with van der Waals surface area (Å²) in [6.45, 7) is -0.264. The number of alkyl halides is 3. The van der Waals surface area contributed by atoms with Crippen molar-refractivity contribution in [2.24, 2.45) is 17.6 Å². The minimum absolute atomic E-state index is 0.236. The molecule has 0 aromatic carbocycles. The molecule has 2 N–H and O–H groups in total. The Balaban J connectivity index is 2.39. The van der Waals surface area contributed by atoms with Gasteiger partial charge in [-0.1, -0.05) is 32.1 Å². The summed E-state index contributed by atoms with van der Waals surface area (Å²) in [5.74, 6) is -1.04. The fraction of sp³-hybridized carbons (Fsp3) is 1.00. The molecule has 0 heterocycles. The molecule has 1 nitrogen and oxygen atoms in total. The lowest BCUT2D eigenvalue weighted by molar-refractivity contribution is -0.176. The lowest BCUT2D eigenvalue weighted by Gasteiger charge is -2.27. The summed E-state index contributed by atoms with van der Waals surface area (Å²) >= 11 is 0. The Bertz CT molecular complexity index is 161. The predicted octanol–water partition coefficient (Wildman–Crippen LogP) is 3.09. The van der Waals surface area contributed by atoms with Gasteiger partial charge in [0.1, 0.15) is 0 Å². The van der Waals surface area contributed by atoms with Crippen molar-refractivity contribution in [3.05, 3.63) is 0 Å². The molecular weight excluding hydrogens is 191 g/mol. The quantitative estimate of drug-likeness (QED) is 0.759. The van der Waals surface area contributed by atoms with Gasteiger partial charge < -0.3 is 5.73 Å². The second-order valence-corrected chi connectivity index (χ2v) is 4.21. The number of rotatable bonds is 3. The zero-order chi connectivity index (χ0) is 10.6. The molecule has 0 saturated heterocycles. The molecule has 1 unspecified atom stereocenters. The predicted molar refractivity (Wildman–Crippen MR) is 49.8 cm³/mol. The second kappa shape index (κ2) is 5.01. The standard InChI is InChI=1S/C10H18F3N/c11-10(12,13)9(7-14)6-8-4-2-1-3-5-8/h8-9H,1-7,14H2. The molecule has 0 bridgehead atoms. The smallest absolute Gasteiger partial charge is 0.330 e. The highest BCUT2D eigenvalue weighted by molar-refractivity contribution is 4.75. The van der Waals surface area contributed by atoms with Crippen molar-refractivity contribution in [2.75, 3.05) is 6.54 Å². The molecule has 0 aromatic heterocycles. The van der Waals surface area contributed by atoms with E-state index < -0.39 is 12.1 Å². The van der Waals surface area contributed by atoms with Gasteiger partial charge in [-0.25, -0.2) is 0 Å². The summed E-state index contributed by atoms with van der Waals surface area (Å²) in [5, 5.41) is 0. The van der Waals surface area contributed by atoms with Crippen LogP contribution in [0.4, 0.5) is 13.2 Å². The monoisotopic (exact) mass is 209 g/mol. The molecule has 0 amide bonds. The average Bonchev–Trinajstić information content (AvgIpc) is 2.14. The first kappa shape index (κ1) is 11.8. The van der Waals surface area contributed by atoms with E-state index in [0.717, 1.165) is 25.7 Å². The first-order valence-electron chi connectivity index (χ1n) is 5.31. The van der Waals surface area contributed by atoms with Crippen LogP contribution in [0.2, 0.25) is 0 Å². The van der Waals surface area contributed by atoms with Crippen molar-refractivity contribution in [3.8, 4) is 0 Å². The van der Waals surface area contributed by atoms with Gasteiger partial charge in [0.15, 0.2) is 0 Å². The molecule has 1 saturated carbocycles. The Morgan fingerprint density at radius 1 is 1.14 bits per heavy atom. The van der Waals surface area contributed by atoms with Gasteiger partial charge in [-0.05, 0) is 12.3 Å². The fourth-order valence-electron chi connectivity index (χ4n) is 2.19. The van der Waals surface area contributed by atoms with E-state index in [1.165, 1.54) is 6.42 Å². The number of halogens is 3. The first-order valence-corrected chi connectivity index (χ1v) is 5.31. The van der Waals surface area contributed by atoms with E-state index in [9.17, 15) is 13.2 Å². The van der Waals surface area contributed by atoms with Crippen LogP contribution in [-0.4, -0.2) is 12.7 Å². The zero-order valence-corrected chi connectivity index (χ0v) is 8.32. The van der Waals surface area contributed by atoms with Crippen molar-refractivity contribution >= 4 is 0 Å². The van der Waals surface area contributed by atoms with E-state index >= 15 is 0 Å². The Kier molecular flexibility index (Phi) is 4.23. The lowest BCUT2D eigenvalue weighted by atomic mass is 9.82. The number of hydrogen-bond donors (Lipinski definition) is 1. The van der Waals surface area contributed by atoms with Crippen LogP contribution in [0.1, 0.15) is 38.5 Å². The van der Waals surface area contributed by atoms with Crippen LogP contribution in [0.5, 0.6) is 0 Å². The van der Waals surface area contributed by atoms with Gasteiger partial charge in [-0.15, -0.1) is 0 Å². The van der Waals surface area contributed by atoms with Crippen LogP contribution in [0.3, 0.4) is 0 Å². The van der Waals surface area contributed by atoms with Crippen molar-refractivity contribution in [3.63, 3.8) is 0 Å². The van der Waals surface area contributed by atoms with E-state index in [1.54, 1.807) is 0 Å². The minimum Gasteiger partial charge on any atom is -0.330 e. The molecule has 1 atom stereocenters. The third-order valence-corrected chi connectivity index (χ3v) is 3.09. The van der Waals surface area contributed by atoms with E-state index in [1.807, 2.05) is 0 Å². The highest BCUT2D eigenvalue weighted by Gasteiger charge is 2.39. The number of hydrogen-bond acceptors (Lipinski definition) is 1. The maximum atomic E-state index is 12.4. The lowest BCUT2D eigenvalue weighted by Crippen LogP contribution is -2.32. The third kappa shape index (κ3) is 3.48. The van der Waals surface area contributed by atoms with Gasteiger partial charge >= 0.3 is 6.18 Å². The SMILES string of the molecule is NCC(CC1CCCCC1)C(F)(F)F. The van der Waals surface area contributed by atoms with E-state index in [-0.39, 0.29) is 18.9 Å².